The van der Waals surface area contributed by atoms with E-state index < -0.39 is 6.10 Å². The Morgan fingerprint density at radius 2 is 1.79 bits per heavy atom. The first-order valence-electron chi connectivity index (χ1n) is 8.52. The molecule has 0 aromatic heterocycles. The molecule has 3 rings (SSSR count). The average Bonchev–Trinajstić information content (AvgIpc) is 3.06. The number of amides is 1. The lowest BCUT2D eigenvalue weighted by Crippen LogP contribution is -2.25. The molecular weight excluding hydrogens is 300 g/mol. The van der Waals surface area contributed by atoms with Crippen molar-refractivity contribution in [1.82, 2.24) is 5.32 Å². The van der Waals surface area contributed by atoms with Crippen molar-refractivity contribution >= 4 is 11.6 Å². The van der Waals surface area contributed by atoms with Crippen molar-refractivity contribution in [3.05, 3.63) is 65.7 Å². The van der Waals surface area contributed by atoms with Crippen LogP contribution in [0, 0.1) is 0 Å². The summed E-state index contributed by atoms with van der Waals surface area (Å²) in [7, 11) is 0. The molecule has 24 heavy (non-hydrogen) atoms. The van der Waals surface area contributed by atoms with Gasteiger partial charge in [-0.25, -0.2) is 0 Å². The van der Waals surface area contributed by atoms with Gasteiger partial charge in [0.1, 0.15) is 0 Å². The maximum absolute atomic E-state index is 11.8. The van der Waals surface area contributed by atoms with E-state index in [-0.39, 0.29) is 11.9 Å². The van der Waals surface area contributed by atoms with E-state index >= 15 is 0 Å². The number of carbonyl (C=O) groups excluding carboxylic acids is 1. The summed E-state index contributed by atoms with van der Waals surface area (Å²) in [6.45, 7) is 3.39. The molecule has 2 atom stereocenters. The van der Waals surface area contributed by atoms with E-state index in [2.05, 4.69) is 12.2 Å². The lowest BCUT2D eigenvalue weighted by molar-refractivity contribution is -0.117. The third-order valence-corrected chi connectivity index (χ3v) is 4.58. The molecule has 4 nitrogen and oxygen atoms in total. The lowest BCUT2D eigenvalue weighted by atomic mass is 10.1. The van der Waals surface area contributed by atoms with Crippen LogP contribution in [0.3, 0.4) is 0 Å². The zero-order valence-corrected chi connectivity index (χ0v) is 14.0. The van der Waals surface area contributed by atoms with Crippen molar-refractivity contribution in [3.63, 3.8) is 0 Å². The van der Waals surface area contributed by atoms with Gasteiger partial charge in [-0.15, -0.1) is 0 Å². The first-order chi connectivity index (χ1) is 11.6. The van der Waals surface area contributed by atoms with Crippen LogP contribution < -0.4 is 10.2 Å². The zero-order valence-electron chi connectivity index (χ0n) is 14.0. The maximum atomic E-state index is 11.8. The van der Waals surface area contributed by atoms with Crippen LogP contribution in [0.1, 0.15) is 43.0 Å². The molecule has 1 fully saturated rings. The van der Waals surface area contributed by atoms with Crippen LogP contribution in [0.25, 0.3) is 0 Å². The minimum Gasteiger partial charge on any atom is -0.387 e. The van der Waals surface area contributed by atoms with E-state index in [0.717, 1.165) is 29.8 Å². The monoisotopic (exact) mass is 324 g/mol. The maximum Gasteiger partial charge on any atom is 0.227 e. The van der Waals surface area contributed by atoms with Gasteiger partial charge in [-0.3, -0.25) is 4.79 Å². The second-order valence-corrected chi connectivity index (χ2v) is 6.30. The van der Waals surface area contributed by atoms with E-state index in [0.29, 0.717) is 13.0 Å². The Hall–Kier alpha value is -2.17. The molecule has 0 bridgehead atoms. The summed E-state index contributed by atoms with van der Waals surface area (Å²) < 4.78 is 0. The van der Waals surface area contributed by atoms with Gasteiger partial charge in [0, 0.05) is 31.2 Å². The number of benzene rings is 2. The lowest BCUT2D eigenvalue weighted by Gasteiger charge is -2.20. The summed E-state index contributed by atoms with van der Waals surface area (Å²) in [5, 5.41) is 13.6. The van der Waals surface area contributed by atoms with Crippen molar-refractivity contribution in [2.24, 2.45) is 0 Å². The molecule has 1 amide bonds. The summed E-state index contributed by atoms with van der Waals surface area (Å²) in [4.78, 5) is 13.6. The number of carbonyl (C=O) groups is 1. The Kier molecular flexibility index (Phi) is 5.28. The quantitative estimate of drug-likeness (QED) is 0.858. The summed E-state index contributed by atoms with van der Waals surface area (Å²) in [5.41, 5.74) is 3.03. The Bertz CT molecular complexity index is 670. The third kappa shape index (κ3) is 3.83. The fraction of sp³-hybridized carbons (Fsp3) is 0.350. The molecule has 2 N–H and O–H groups in total. The second kappa shape index (κ2) is 7.60. The van der Waals surface area contributed by atoms with Gasteiger partial charge in [0.2, 0.25) is 5.91 Å². The topological polar surface area (TPSA) is 52.6 Å². The van der Waals surface area contributed by atoms with Crippen LogP contribution in [0.15, 0.2) is 54.6 Å². The number of rotatable bonds is 6. The fourth-order valence-electron chi connectivity index (χ4n) is 3.06. The van der Waals surface area contributed by atoms with E-state index in [1.54, 1.807) is 0 Å². The highest BCUT2D eigenvalue weighted by atomic mass is 16.3. The highest BCUT2D eigenvalue weighted by Crippen LogP contribution is 2.23. The minimum absolute atomic E-state index is 0.131. The molecule has 0 radical (unpaired) electrons. The van der Waals surface area contributed by atoms with Crippen molar-refractivity contribution in [3.8, 4) is 0 Å². The van der Waals surface area contributed by atoms with Crippen molar-refractivity contribution in [2.45, 2.75) is 31.9 Å². The highest BCUT2D eigenvalue weighted by Gasteiger charge is 2.21. The summed E-state index contributed by atoms with van der Waals surface area (Å²) >= 11 is 0. The van der Waals surface area contributed by atoms with Gasteiger partial charge in [0.15, 0.2) is 0 Å². The van der Waals surface area contributed by atoms with Gasteiger partial charge in [0.25, 0.3) is 0 Å². The molecule has 1 saturated heterocycles. The smallest absolute Gasteiger partial charge is 0.227 e. The SMILES string of the molecule is CC(NCC(O)c1ccccc1)c1ccc(N2CCCC2=O)cc1. The summed E-state index contributed by atoms with van der Waals surface area (Å²) in [6.07, 6.45) is 1.07. The largest absolute Gasteiger partial charge is 0.387 e. The molecule has 2 unspecified atom stereocenters. The van der Waals surface area contributed by atoms with Crippen LogP contribution in [-0.2, 0) is 4.79 Å². The molecule has 1 aliphatic rings. The van der Waals surface area contributed by atoms with Crippen LogP contribution >= 0.6 is 0 Å². The normalized spacial score (nSPS) is 17.1. The molecule has 126 valence electrons. The van der Waals surface area contributed by atoms with Crippen LogP contribution in [-0.4, -0.2) is 24.1 Å². The van der Waals surface area contributed by atoms with Gasteiger partial charge in [-0.2, -0.15) is 0 Å². The molecule has 0 aliphatic carbocycles. The first kappa shape index (κ1) is 16.7. The molecule has 1 heterocycles. The van der Waals surface area contributed by atoms with E-state index in [1.165, 1.54) is 0 Å². The van der Waals surface area contributed by atoms with Crippen LogP contribution in [0.2, 0.25) is 0 Å². The Morgan fingerprint density at radius 1 is 1.08 bits per heavy atom. The number of aliphatic hydroxyl groups is 1. The molecule has 0 spiro atoms. The highest BCUT2D eigenvalue weighted by molar-refractivity contribution is 5.95. The summed E-state index contributed by atoms with van der Waals surface area (Å²) in [5.74, 6) is 0.208. The van der Waals surface area contributed by atoms with Crippen LogP contribution in [0.5, 0.6) is 0 Å². The Morgan fingerprint density at radius 3 is 2.42 bits per heavy atom. The Balaban J connectivity index is 1.57. The third-order valence-electron chi connectivity index (χ3n) is 4.58. The number of anilines is 1. The zero-order chi connectivity index (χ0) is 16.9. The number of nitrogens with zero attached hydrogens (tertiary/aromatic N) is 1. The van der Waals surface area contributed by atoms with E-state index in [4.69, 9.17) is 0 Å². The molecule has 1 aliphatic heterocycles. The fourth-order valence-corrected chi connectivity index (χ4v) is 3.06. The Labute approximate surface area is 143 Å². The summed E-state index contributed by atoms with van der Waals surface area (Å²) in [6, 6.07) is 17.9. The van der Waals surface area contributed by atoms with Gasteiger partial charge in [-0.05, 0) is 36.6 Å². The van der Waals surface area contributed by atoms with Crippen molar-refractivity contribution < 1.29 is 9.90 Å². The predicted molar refractivity (Wildman–Crippen MR) is 95.8 cm³/mol. The van der Waals surface area contributed by atoms with Crippen LogP contribution in [0.4, 0.5) is 5.69 Å². The molecule has 4 heteroatoms. The van der Waals surface area contributed by atoms with Gasteiger partial charge in [-0.1, -0.05) is 42.5 Å². The standard InChI is InChI=1S/C20H24N2O2/c1-15(21-14-19(23)17-6-3-2-4-7-17)16-9-11-18(12-10-16)22-13-5-8-20(22)24/h2-4,6-7,9-12,15,19,21,23H,5,8,13-14H2,1H3. The van der Waals surface area contributed by atoms with E-state index in [9.17, 15) is 9.90 Å². The first-order valence-corrected chi connectivity index (χ1v) is 8.52. The number of aliphatic hydroxyl groups excluding tert-OH is 1. The minimum atomic E-state index is -0.518. The van der Waals surface area contributed by atoms with Crippen molar-refractivity contribution in [1.29, 1.82) is 0 Å². The molecule has 0 saturated carbocycles. The molecule has 2 aromatic carbocycles. The van der Waals surface area contributed by atoms with Gasteiger partial charge in [0.05, 0.1) is 6.10 Å². The average molecular weight is 324 g/mol. The van der Waals surface area contributed by atoms with Gasteiger partial charge < -0.3 is 15.3 Å². The second-order valence-electron chi connectivity index (χ2n) is 6.30. The molecule has 2 aromatic rings. The van der Waals surface area contributed by atoms with E-state index in [1.807, 2.05) is 59.5 Å². The molecular formula is C20H24N2O2. The predicted octanol–water partition coefficient (Wildman–Crippen LogP) is 3.20. The number of hydrogen-bond donors (Lipinski definition) is 2. The van der Waals surface area contributed by atoms with Crippen molar-refractivity contribution in [2.75, 3.05) is 18.0 Å². The van der Waals surface area contributed by atoms with Gasteiger partial charge >= 0.3 is 0 Å². The number of nitrogens with one attached hydrogen (secondary N) is 1. The number of hydrogen-bond acceptors (Lipinski definition) is 3.